The lowest BCUT2D eigenvalue weighted by atomic mass is 10.3. The molecule has 0 unspecified atom stereocenters. The van der Waals surface area contributed by atoms with Crippen LogP contribution in [0.4, 0.5) is 5.69 Å². The van der Waals surface area contributed by atoms with Crippen molar-refractivity contribution in [3.8, 4) is 5.75 Å². The number of hydrogen-bond acceptors (Lipinski definition) is 2. The average molecular weight is 191 g/mol. The van der Waals surface area contributed by atoms with Crippen molar-refractivity contribution in [3.05, 3.63) is 35.9 Å². The molecule has 0 saturated heterocycles. The Morgan fingerprint density at radius 3 is 2.71 bits per heavy atom. The second-order valence-electron chi connectivity index (χ2n) is 3.36. The molecule has 14 heavy (non-hydrogen) atoms. The number of allylic oxidation sites excluding steroid dienone is 1. The molecule has 0 aromatic heterocycles. The van der Waals surface area contributed by atoms with Crippen molar-refractivity contribution in [3.63, 3.8) is 0 Å². The molecule has 0 aliphatic heterocycles. The first-order valence-corrected chi connectivity index (χ1v) is 4.74. The zero-order valence-corrected chi connectivity index (χ0v) is 9.00. The van der Waals surface area contributed by atoms with Crippen LogP contribution in [-0.2, 0) is 0 Å². The maximum Gasteiger partial charge on any atom is 0.141 e. The van der Waals surface area contributed by atoms with Crippen LogP contribution in [-0.4, -0.2) is 13.7 Å². The largest absolute Gasteiger partial charge is 0.495 e. The van der Waals surface area contributed by atoms with Crippen LogP contribution < -0.4 is 10.1 Å². The van der Waals surface area contributed by atoms with E-state index in [9.17, 15) is 0 Å². The minimum absolute atomic E-state index is 0.836. The van der Waals surface area contributed by atoms with Gasteiger partial charge in [-0.05, 0) is 26.0 Å². The Labute approximate surface area is 85.6 Å². The summed E-state index contributed by atoms with van der Waals surface area (Å²) in [5.74, 6) is 0.884. The third-order valence-electron chi connectivity index (χ3n) is 1.91. The van der Waals surface area contributed by atoms with E-state index in [1.165, 1.54) is 5.57 Å². The molecule has 1 N–H and O–H groups in total. The number of anilines is 1. The monoisotopic (exact) mass is 191 g/mol. The summed E-state index contributed by atoms with van der Waals surface area (Å²) >= 11 is 0. The van der Waals surface area contributed by atoms with Gasteiger partial charge < -0.3 is 10.1 Å². The van der Waals surface area contributed by atoms with Crippen molar-refractivity contribution in [1.29, 1.82) is 0 Å². The van der Waals surface area contributed by atoms with E-state index in [4.69, 9.17) is 4.74 Å². The molecule has 0 heterocycles. The lowest BCUT2D eigenvalue weighted by Gasteiger charge is -2.08. The minimum Gasteiger partial charge on any atom is -0.495 e. The van der Waals surface area contributed by atoms with E-state index in [0.717, 1.165) is 18.0 Å². The highest BCUT2D eigenvalue weighted by atomic mass is 16.5. The number of ether oxygens (including phenoxy) is 1. The summed E-state index contributed by atoms with van der Waals surface area (Å²) in [5.41, 5.74) is 2.35. The average Bonchev–Trinajstić information content (AvgIpc) is 2.18. The predicted molar refractivity (Wildman–Crippen MR) is 60.9 cm³/mol. The highest BCUT2D eigenvalue weighted by Crippen LogP contribution is 2.22. The zero-order chi connectivity index (χ0) is 10.4. The van der Waals surface area contributed by atoms with Gasteiger partial charge in [0, 0.05) is 6.54 Å². The molecule has 0 aliphatic carbocycles. The van der Waals surface area contributed by atoms with Crippen molar-refractivity contribution in [2.75, 3.05) is 19.0 Å². The van der Waals surface area contributed by atoms with E-state index in [-0.39, 0.29) is 0 Å². The molecule has 0 fully saturated rings. The van der Waals surface area contributed by atoms with Crippen molar-refractivity contribution in [2.24, 2.45) is 0 Å². The van der Waals surface area contributed by atoms with Crippen LogP contribution in [0.5, 0.6) is 5.75 Å². The molecule has 0 spiro atoms. The topological polar surface area (TPSA) is 21.3 Å². The lowest BCUT2D eigenvalue weighted by Crippen LogP contribution is -2.00. The van der Waals surface area contributed by atoms with Crippen LogP contribution >= 0.6 is 0 Å². The van der Waals surface area contributed by atoms with E-state index in [1.807, 2.05) is 24.3 Å². The third kappa shape index (κ3) is 3.13. The quantitative estimate of drug-likeness (QED) is 0.738. The Morgan fingerprint density at radius 1 is 1.36 bits per heavy atom. The van der Waals surface area contributed by atoms with Gasteiger partial charge in [-0.3, -0.25) is 0 Å². The Bertz CT molecular complexity index is 314. The number of rotatable bonds is 4. The fourth-order valence-electron chi connectivity index (χ4n) is 1.16. The molecular weight excluding hydrogens is 174 g/mol. The highest BCUT2D eigenvalue weighted by molar-refractivity contribution is 5.56. The smallest absolute Gasteiger partial charge is 0.141 e. The molecule has 1 aromatic carbocycles. The van der Waals surface area contributed by atoms with E-state index in [1.54, 1.807) is 7.11 Å². The lowest BCUT2D eigenvalue weighted by molar-refractivity contribution is 0.416. The van der Waals surface area contributed by atoms with Crippen molar-refractivity contribution < 1.29 is 4.74 Å². The van der Waals surface area contributed by atoms with Crippen molar-refractivity contribution in [1.82, 2.24) is 0 Å². The van der Waals surface area contributed by atoms with E-state index in [2.05, 4.69) is 25.2 Å². The molecule has 1 aromatic rings. The Hall–Kier alpha value is -1.44. The first-order valence-electron chi connectivity index (χ1n) is 4.74. The molecule has 0 saturated carbocycles. The molecule has 0 aliphatic rings. The maximum absolute atomic E-state index is 5.22. The molecule has 76 valence electrons. The van der Waals surface area contributed by atoms with Crippen LogP contribution in [0.25, 0.3) is 0 Å². The molecular formula is C12H17NO. The van der Waals surface area contributed by atoms with Crippen LogP contribution in [0.15, 0.2) is 35.9 Å². The fourth-order valence-corrected chi connectivity index (χ4v) is 1.16. The molecule has 0 amide bonds. The van der Waals surface area contributed by atoms with Crippen molar-refractivity contribution in [2.45, 2.75) is 13.8 Å². The van der Waals surface area contributed by atoms with Crippen molar-refractivity contribution >= 4 is 5.69 Å². The van der Waals surface area contributed by atoms with Crippen LogP contribution in [0, 0.1) is 0 Å². The van der Waals surface area contributed by atoms with Gasteiger partial charge in [0.05, 0.1) is 12.8 Å². The fraction of sp³-hybridized carbons (Fsp3) is 0.333. The minimum atomic E-state index is 0.836. The van der Waals surface area contributed by atoms with Gasteiger partial charge in [-0.2, -0.15) is 0 Å². The second kappa shape index (κ2) is 5.32. The first-order chi connectivity index (χ1) is 6.74. The van der Waals surface area contributed by atoms with Crippen LogP contribution in [0.2, 0.25) is 0 Å². The van der Waals surface area contributed by atoms with Gasteiger partial charge in [-0.25, -0.2) is 0 Å². The number of hydrogen-bond donors (Lipinski definition) is 1. The van der Waals surface area contributed by atoms with Crippen LogP contribution in [0.1, 0.15) is 13.8 Å². The van der Waals surface area contributed by atoms with Gasteiger partial charge in [0.25, 0.3) is 0 Å². The zero-order valence-electron chi connectivity index (χ0n) is 9.00. The molecule has 1 rings (SSSR count). The van der Waals surface area contributed by atoms with Gasteiger partial charge in [-0.1, -0.05) is 23.8 Å². The van der Waals surface area contributed by atoms with Gasteiger partial charge in [0.1, 0.15) is 5.75 Å². The number of nitrogens with one attached hydrogen (secondary N) is 1. The Balaban J connectivity index is 2.62. The number of para-hydroxylation sites is 2. The Kier molecular flexibility index (Phi) is 4.05. The summed E-state index contributed by atoms with van der Waals surface area (Å²) in [4.78, 5) is 0. The van der Waals surface area contributed by atoms with Gasteiger partial charge in [0.2, 0.25) is 0 Å². The third-order valence-corrected chi connectivity index (χ3v) is 1.91. The van der Waals surface area contributed by atoms with Crippen LogP contribution in [0.3, 0.4) is 0 Å². The SMILES string of the molecule is COc1ccccc1NCC=C(C)C. The summed E-state index contributed by atoms with van der Waals surface area (Å²) in [6, 6.07) is 7.92. The molecule has 0 radical (unpaired) electrons. The van der Waals surface area contributed by atoms with Gasteiger partial charge in [0.15, 0.2) is 0 Å². The van der Waals surface area contributed by atoms with E-state index in [0.29, 0.717) is 0 Å². The molecule has 0 bridgehead atoms. The number of benzene rings is 1. The normalized spacial score (nSPS) is 9.36. The first kappa shape index (κ1) is 10.6. The van der Waals surface area contributed by atoms with Gasteiger partial charge in [-0.15, -0.1) is 0 Å². The summed E-state index contributed by atoms with van der Waals surface area (Å²) in [6.45, 7) is 5.01. The molecule has 2 nitrogen and oxygen atoms in total. The highest BCUT2D eigenvalue weighted by Gasteiger charge is 1.97. The maximum atomic E-state index is 5.22. The second-order valence-corrected chi connectivity index (χ2v) is 3.36. The summed E-state index contributed by atoms with van der Waals surface area (Å²) in [7, 11) is 1.68. The predicted octanol–water partition coefficient (Wildman–Crippen LogP) is 3.07. The molecule has 2 heteroatoms. The Morgan fingerprint density at radius 2 is 2.07 bits per heavy atom. The summed E-state index contributed by atoms with van der Waals surface area (Å²) in [5, 5.41) is 3.29. The van der Waals surface area contributed by atoms with E-state index < -0.39 is 0 Å². The number of methoxy groups -OCH3 is 1. The summed E-state index contributed by atoms with van der Waals surface area (Å²) < 4.78 is 5.22. The standard InChI is InChI=1S/C12H17NO/c1-10(2)8-9-13-11-6-4-5-7-12(11)14-3/h4-8,13H,9H2,1-3H3. The van der Waals surface area contributed by atoms with E-state index >= 15 is 0 Å². The van der Waals surface area contributed by atoms with Gasteiger partial charge >= 0.3 is 0 Å². The summed E-state index contributed by atoms with van der Waals surface area (Å²) in [6.07, 6.45) is 2.15. The molecule has 0 atom stereocenters.